The first kappa shape index (κ1) is 23.2. The normalized spacial score (nSPS) is 13.6. The standard InChI is InChI=1S/C40H30/c1-25-15-21-35-36-14-8-13-29(39(36)40(2,3)38(35)23-25)27-18-16-26(17-19-27)28-20-22-34-32-11-5-4-9-30(32)31-10-6-7-12-33(31)37(34)24-28/h4-24H,1-3H3. The maximum Gasteiger partial charge on any atom is 0.0165 e. The highest BCUT2D eigenvalue weighted by molar-refractivity contribution is 6.25. The molecule has 190 valence electrons. The highest BCUT2D eigenvalue weighted by Crippen LogP contribution is 2.52. The molecule has 0 amide bonds. The molecule has 0 heteroatoms. The average Bonchev–Trinajstić information content (AvgIpc) is 3.23. The molecule has 40 heavy (non-hydrogen) atoms. The highest BCUT2D eigenvalue weighted by atomic mass is 14.4. The third kappa shape index (κ3) is 3.26. The van der Waals surface area contributed by atoms with Crippen molar-refractivity contribution in [3.8, 4) is 33.4 Å². The molecular weight excluding hydrogens is 480 g/mol. The molecule has 0 aliphatic heterocycles. The van der Waals surface area contributed by atoms with Crippen LogP contribution in [0.15, 0.2) is 127 Å². The first-order valence-corrected chi connectivity index (χ1v) is 14.2. The summed E-state index contributed by atoms with van der Waals surface area (Å²) >= 11 is 0. The van der Waals surface area contributed by atoms with Crippen molar-refractivity contribution in [2.75, 3.05) is 0 Å². The Hall–Kier alpha value is -4.68. The Morgan fingerprint density at radius 3 is 1.62 bits per heavy atom. The smallest absolute Gasteiger partial charge is 0.0165 e. The first-order valence-electron chi connectivity index (χ1n) is 14.2. The molecule has 7 aromatic carbocycles. The Morgan fingerprint density at radius 2 is 0.950 bits per heavy atom. The predicted octanol–water partition coefficient (Wildman–Crippen LogP) is 11.1. The monoisotopic (exact) mass is 510 g/mol. The number of fused-ring (bicyclic) bond motifs is 9. The molecule has 0 spiro atoms. The van der Waals surface area contributed by atoms with E-state index in [1.165, 1.54) is 82.4 Å². The van der Waals surface area contributed by atoms with Crippen LogP contribution in [-0.2, 0) is 5.41 Å². The largest absolute Gasteiger partial charge is 0.0616 e. The lowest BCUT2D eigenvalue weighted by molar-refractivity contribution is 0.661. The Balaban J connectivity index is 1.25. The maximum absolute atomic E-state index is 2.38. The molecule has 0 aromatic heterocycles. The van der Waals surface area contributed by atoms with E-state index in [1.54, 1.807) is 0 Å². The molecule has 1 aliphatic rings. The van der Waals surface area contributed by atoms with Gasteiger partial charge in [0.2, 0.25) is 0 Å². The lowest BCUT2D eigenvalue weighted by Gasteiger charge is -2.25. The molecule has 1 aliphatic carbocycles. The van der Waals surface area contributed by atoms with E-state index in [0.29, 0.717) is 0 Å². The minimum Gasteiger partial charge on any atom is -0.0616 e. The second-order valence-electron chi connectivity index (χ2n) is 11.8. The van der Waals surface area contributed by atoms with Crippen LogP contribution in [0.3, 0.4) is 0 Å². The Labute approximate surface area is 235 Å². The van der Waals surface area contributed by atoms with Gasteiger partial charge in [0.1, 0.15) is 0 Å². The van der Waals surface area contributed by atoms with Gasteiger partial charge in [0.25, 0.3) is 0 Å². The van der Waals surface area contributed by atoms with Gasteiger partial charge in [-0.05, 0) is 89.8 Å². The van der Waals surface area contributed by atoms with Crippen LogP contribution in [0.4, 0.5) is 0 Å². The summed E-state index contributed by atoms with van der Waals surface area (Å²) in [5, 5.41) is 7.88. The van der Waals surface area contributed by atoms with E-state index in [4.69, 9.17) is 0 Å². The number of aryl methyl sites for hydroxylation is 1. The second-order valence-corrected chi connectivity index (χ2v) is 11.8. The van der Waals surface area contributed by atoms with Gasteiger partial charge in [0.05, 0.1) is 0 Å². The molecule has 0 bridgehead atoms. The van der Waals surface area contributed by atoms with E-state index in [1.807, 2.05) is 0 Å². The fourth-order valence-corrected chi connectivity index (χ4v) is 7.16. The number of benzene rings is 7. The molecule has 0 fully saturated rings. The molecule has 0 N–H and O–H groups in total. The van der Waals surface area contributed by atoms with Crippen molar-refractivity contribution >= 4 is 32.3 Å². The minimum absolute atomic E-state index is 0.0336. The van der Waals surface area contributed by atoms with Crippen molar-refractivity contribution in [1.29, 1.82) is 0 Å². The quantitative estimate of drug-likeness (QED) is 0.203. The van der Waals surface area contributed by atoms with Crippen LogP contribution in [0.2, 0.25) is 0 Å². The molecule has 7 aromatic rings. The van der Waals surface area contributed by atoms with E-state index >= 15 is 0 Å². The zero-order chi connectivity index (χ0) is 27.0. The SMILES string of the molecule is Cc1ccc2c(c1)C(C)(C)c1c(-c3ccc(-c4ccc5c6ccccc6c6ccccc6c5c4)cc3)cccc1-2. The van der Waals surface area contributed by atoms with Crippen LogP contribution in [0.1, 0.15) is 30.5 Å². The van der Waals surface area contributed by atoms with Gasteiger partial charge in [-0.25, -0.2) is 0 Å². The lowest BCUT2D eigenvalue weighted by atomic mass is 9.78. The van der Waals surface area contributed by atoms with Gasteiger partial charge < -0.3 is 0 Å². The first-order chi connectivity index (χ1) is 19.5. The zero-order valence-electron chi connectivity index (χ0n) is 23.1. The van der Waals surface area contributed by atoms with Crippen molar-refractivity contribution in [1.82, 2.24) is 0 Å². The molecule has 0 saturated heterocycles. The summed E-state index contributed by atoms with van der Waals surface area (Å²) in [5.74, 6) is 0. The van der Waals surface area contributed by atoms with Crippen molar-refractivity contribution in [3.63, 3.8) is 0 Å². The summed E-state index contributed by atoms with van der Waals surface area (Å²) in [6.45, 7) is 6.94. The topological polar surface area (TPSA) is 0 Å². The van der Waals surface area contributed by atoms with Gasteiger partial charge in [-0.15, -0.1) is 0 Å². The van der Waals surface area contributed by atoms with Crippen molar-refractivity contribution in [2.45, 2.75) is 26.2 Å². The van der Waals surface area contributed by atoms with E-state index < -0.39 is 0 Å². The number of rotatable bonds is 2. The average molecular weight is 511 g/mol. The predicted molar refractivity (Wildman–Crippen MR) is 172 cm³/mol. The summed E-state index contributed by atoms with van der Waals surface area (Å²) in [5.41, 5.74) is 12.0. The molecule has 0 saturated carbocycles. The van der Waals surface area contributed by atoms with E-state index in [0.717, 1.165) is 0 Å². The fourth-order valence-electron chi connectivity index (χ4n) is 7.16. The maximum atomic E-state index is 2.38. The molecule has 8 rings (SSSR count). The highest BCUT2D eigenvalue weighted by Gasteiger charge is 2.37. The van der Waals surface area contributed by atoms with Crippen LogP contribution < -0.4 is 0 Å². The van der Waals surface area contributed by atoms with E-state index in [-0.39, 0.29) is 5.41 Å². The lowest BCUT2D eigenvalue weighted by Crippen LogP contribution is -2.16. The summed E-state index contributed by atoms with van der Waals surface area (Å²) in [7, 11) is 0. The van der Waals surface area contributed by atoms with E-state index in [2.05, 4.69) is 148 Å². The fraction of sp³-hybridized carbons (Fsp3) is 0.100. The van der Waals surface area contributed by atoms with Gasteiger partial charge in [-0.2, -0.15) is 0 Å². The zero-order valence-corrected chi connectivity index (χ0v) is 23.1. The molecule has 0 nitrogen and oxygen atoms in total. The Morgan fingerprint density at radius 1 is 0.400 bits per heavy atom. The molecular formula is C40H30. The van der Waals surface area contributed by atoms with Gasteiger partial charge in [0, 0.05) is 5.41 Å². The van der Waals surface area contributed by atoms with Crippen molar-refractivity contribution in [2.24, 2.45) is 0 Å². The summed E-state index contributed by atoms with van der Waals surface area (Å²) in [4.78, 5) is 0. The summed E-state index contributed by atoms with van der Waals surface area (Å²) < 4.78 is 0. The second kappa shape index (κ2) is 8.41. The molecule has 0 unspecified atom stereocenters. The summed E-state index contributed by atoms with van der Waals surface area (Å²) in [6, 6.07) is 47.4. The van der Waals surface area contributed by atoms with Crippen LogP contribution in [0.5, 0.6) is 0 Å². The molecule has 0 radical (unpaired) electrons. The summed E-state index contributed by atoms with van der Waals surface area (Å²) in [6.07, 6.45) is 0. The Bertz CT molecular complexity index is 2090. The molecule has 0 heterocycles. The Kier molecular flexibility index (Phi) is 4.88. The number of hydrogen-bond acceptors (Lipinski definition) is 0. The van der Waals surface area contributed by atoms with Gasteiger partial charge in [0.15, 0.2) is 0 Å². The van der Waals surface area contributed by atoms with Crippen LogP contribution in [0.25, 0.3) is 65.7 Å². The number of hydrogen-bond donors (Lipinski definition) is 0. The van der Waals surface area contributed by atoms with Crippen LogP contribution in [-0.4, -0.2) is 0 Å². The van der Waals surface area contributed by atoms with Gasteiger partial charge in [-0.3, -0.25) is 0 Å². The van der Waals surface area contributed by atoms with Crippen molar-refractivity contribution < 1.29 is 0 Å². The molecule has 0 atom stereocenters. The third-order valence-corrected chi connectivity index (χ3v) is 9.10. The van der Waals surface area contributed by atoms with Crippen LogP contribution >= 0.6 is 0 Å². The minimum atomic E-state index is -0.0336. The van der Waals surface area contributed by atoms with Gasteiger partial charge >= 0.3 is 0 Å². The van der Waals surface area contributed by atoms with Crippen LogP contribution in [0, 0.1) is 6.92 Å². The van der Waals surface area contributed by atoms with E-state index in [9.17, 15) is 0 Å². The van der Waals surface area contributed by atoms with Crippen molar-refractivity contribution in [3.05, 3.63) is 144 Å². The van der Waals surface area contributed by atoms with Gasteiger partial charge in [-0.1, -0.05) is 141 Å². The third-order valence-electron chi connectivity index (χ3n) is 9.10.